The van der Waals surface area contributed by atoms with Crippen LogP contribution in [0.15, 0.2) is 112 Å². The van der Waals surface area contributed by atoms with Gasteiger partial charge in [0.2, 0.25) is 0 Å². The van der Waals surface area contributed by atoms with E-state index < -0.39 is 5.97 Å². The van der Waals surface area contributed by atoms with Crippen LogP contribution in [0.3, 0.4) is 0 Å². The van der Waals surface area contributed by atoms with Crippen molar-refractivity contribution in [2.45, 2.75) is 12.8 Å². The first kappa shape index (κ1) is 26.2. The van der Waals surface area contributed by atoms with E-state index in [1.54, 1.807) is 22.7 Å². The summed E-state index contributed by atoms with van der Waals surface area (Å²) in [4.78, 5) is 13.4. The van der Waals surface area contributed by atoms with Gasteiger partial charge in [0.1, 0.15) is 12.4 Å². The molecule has 6 heteroatoms. The highest BCUT2D eigenvalue weighted by Crippen LogP contribution is 2.32. The lowest BCUT2D eigenvalue weighted by atomic mass is 9.95. The number of rotatable bonds is 10. The van der Waals surface area contributed by atoms with Crippen LogP contribution in [0.5, 0.6) is 5.75 Å². The van der Waals surface area contributed by atoms with Crippen LogP contribution in [0, 0.1) is 0 Å². The molecule has 2 aromatic heterocycles. The summed E-state index contributed by atoms with van der Waals surface area (Å²) < 4.78 is 6.94. The van der Waals surface area contributed by atoms with Crippen LogP contribution >= 0.6 is 38.6 Å². The quantitative estimate of drug-likeness (QED) is 0.174. The standard InChI is InChI=1S/C32H25BrO3S2/c33-28-21-22(6-16-32(34)35)5-15-29(28)36-18-17-27(23-7-11-25(12-8-23)30-3-1-19-37-30)24-9-13-26(14-10-24)31-4-2-20-38-31/h1-5,7-15,17,19-21H,6,16,18H2,(H,34,35). The first-order valence-corrected chi connectivity index (χ1v) is 14.7. The molecule has 0 saturated heterocycles. The van der Waals surface area contributed by atoms with E-state index in [1.807, 2.05) is 18.2 Å². The molecule has 5 aromatic rings. The Kier molecular flexibility index (Phi) is 8.54. The lowest BCUT2D eigenvalue weighted by molar-refractivity contribution is -0.136. The monoisotopic (exact) mass is 600 g/mol. The van der Waals surface area contributed by atoms with Crippen molar-refractivity contribution in [1.82, 2.24) is 0 Å². The third kappa shape index (κ3) is 6.51. The highest BCUT2D eigenvalue weighted by molar-refractivity contribution is 9.10. The van der Waals surface area contributed by atoms with E-state index in [4.69, 9.17) is 9.84 Å². The van der Waals surface area contributed by atoms with Crippen molar-refractivity contribution < 1.29 is 14.6 Å². The van der Waals surface area contributed by atoms with Gasteiger partial charge >= 0.3 is 5.97 Å². The Bertz CT molecular complexity index is 1440. The zero-order valence-corrected chi connectivity index (χ0v) is 23.7. The van der Waals surface area contributed by atoms with Crippen LogP contribution < -0.4 is 4.74 Å². The minimum atomic E-state index is -0.800. The van der Waals surface area contributed by atoms with E-state index in [0.717, 1.165) is 32.5 Å². The molecule has 3 nitrogen and oxygen atoms in total. The smallest absolute Gasteiger partial charge is 0.303 e. The number of carboxylic acids is 1. The van der Waals surface area contributed by atoms with Gasteiger partial charge < -0.3 is 9.84 Å². The van der Waals surface area contributed by atoms with Crippen LogP contribution in [0.1, 0.15) is 23.1 Å². The molecule has 5 rings (SSSR count). The number of hydrogen-bond acceptors (Lipinski definition) is 4. The van der Waals surface area contributed by atoms with Crippen molar-refractivity contribution in [3.63, 3.8) is 0 Å². The molecule has 0 aliphatic carbocycles. The maximum absolute atomic E-state index is 10.9. The molecule has 0 aliphatic heterocycles. The fraction of sp³-hybridized carbons (Fsp3) is 0.0938. The van der Waals surface area contributed by atoms with Gasteiger partial charge in [-0.3, -0.25) is 4.79 Å². The molecular formula is C32H25BrO3S2. The first-order valence-electron chi connectivity index (χ1n) is 12.2. The molecule has 38 heavy (non-hydrogen) atoms. The molecule has 0 amide bonds. The predicted molar refractivity (Wildman–Crippen MR) is 162 cm³/mol. The molecule has 2 heterocycles. The summed E-state index contributed by atoms with van der Waals surface area (Å²) in [5.41, 5.74) is 6.73. The SMILES string of the molecule is O=C(O)CCc1ccc(OCC=C(c2ccc(-c3cccs3)cc2)c2ccc(-c3cccs3)cc2)c(Br)c1. The first-order chi connectivity index (χ1) is 18.6. The van der Waals surface area contributed by atoms with Crippen LogP contribution in [0.2, 0.25) is 0 Å². The van der Waals surface area contributed by atoms with Crippen molar-refractivity contribution in [3.05, 3.63) is 129 Å². The van der Waals surface area contributed by atoms with Gasteiger partial charge in [-0.05, 0) is 96.8 Å². The third-order valence-corrected chi connectivity index (χ3v) is 8.61. The topological polar surface area (TPSA) is 46.5 Å². The van der Waals surface area contributed by atoms with E-state index in [2.05, 4.69) is 106 Å². The maximum Gasteiger partial charge on any atom is 0.303 e. The number of benzene rings is 3. The summed E-state index contributed by atoms with van der Waals surface area (Å²) in [5, 5.41) is 13.1. The molecule has 1 N–H and O–H groups in total. The van der Waals surface area contributed by atoms with E-state index in [1.165, 1.54) is 20.9 Å². The van der Waals surface area contributed by atoms with Crippen molar-refractivity contribution >= 4 is 50.1 Å². The summed E-state index contributed by atoms with van der Waals surface area (Å²) >= 11 is 7.05. The second-order valence-corrected chi connectivity index (χ2v) is 11.4. The van der Waals surface area contributed by atoms with E-state index in [0.29, 0.717) is 13.0 Å². The lowest BCUT2D eigenvalue weighted by Crippen LogP contribution is -2.00. The van der Waals surface area contributed by atoms with Crippen molar-refractivity contribution in [3.8, 4) is 26.6 Å². The molecular weight excluding hydrogens is 576 g/mol. The number of halogens is 1. The molecule has 0 spiro atoms. The van der Waals surface area contributed by atoms with Crippen molar-refractivity contribution in [2.75, 3.05) is 6.61 Å². The number of ether oxygens (including phenoxy) is 1. The highest BCUT2D eigenvalue weighted by Gasteiger charge is 2.09. The lowest BCUT2D eigenvalue weighted by Gasteiger charge is -2.12. The Hall–Kier alpha value is -3.45. The molecule has 0 atom stereocenters. The Morgan fingerprint density at radius 2 is 1.39 bits per heavy atom. The second kappa shape index (κ2) is 12.4. The minimum absolute atomic E-state index is 0.106. The molecule has 190 valence electrons. The van der Waals surface area contributed by atoms with E-state index in [9.17, 15) is 4.79 Å². The Morgan fingerprint density at radius 3 is 1.87 bits per heavy atom. The predicted octanol–water partition coefficient (Wildman–Crippen LogP) is 9.43. The number of carbonyl (C=O) groups is 1. The van der Waals surface area contributed by atoms with Gasteiger partial charge in [0, 0.05) is 16.2 Å². The second-order valence-electron chi connectivity index (χ2n) is 8.70. The Morgan fingerprint density at radius 1 is 0.816 bits per heavy atom. The molecule has 3 aromatic carbocycles. The number of aliphatic carboxylic acids is 1. The molecule has 0 bridgehead atoms. The Labute approximate surface area is 238 Å². The highest BCUT2D eigenvalue weighted by atomic mass is 79.9. The zero-order valence-electron chi connectivity index (χ0n) is 20.5. The maximum atomic E-state index is 10.9. The summed E-state index contributed by atoms with van der Waals surface area (Å²) in [7, 11) is 0. The zero-order chi connectivity index (χ0) is 26.3. The largest absolute Gasteiger partial charge is 0.488 e. The van der Waals surface area contributed by atoms with Gasteiger partial charge in [0.25, 0.3) is 0 Å². The summed E-state index contributed by atoms with van der Waals surface area (Å²) in [5.74, 6) is -0.0771. The van der Waals surface area contributed by atoms with Gasteiger partial charge in [0.05, 0.1) is 4.47 Å². The third-order valence-electron chi connectivity index (χ3n) is 6.15. The number of thiophene rings is 2. The normalized spacial score (nSPS) is 10.8. The van der Waals surface area contributed by atoms with Crippen LogP contribution in [0.25, 0.3) is 26.5 Å². The number of aryl methyl sites for hydroxylation is 1. The fourth-order valence-electron chi connectivity index (χ4n) is 4.20. The number of carboxylic acid groups (broad SMARTS) is 1. The van der Waals surface area contributed by atoms with E-state index >= 15 is 0 Å². The number of hydrogen-bond donors (Lipinski definition) is 1. The average molecular weight is 602 g/mol. The van der Waals surface area contributed by atoms with E-state index in [-0.39, 0.29) is 6.42 Å². The van der Waals surface area contributed by atoms with Gasteiger partial charge in [-0.15, -0.1) is 22.7 Å². The summed E-state index contributed by atoms with van der Waals surface area (Å²) in [6.07, 6.45) is 2.71. The van der Waals surface area contributed by atoms with Gasteiger partial charge in [-0.2, -0.15) is 0 Å². The Balaban J connectivity index is 1.39. The van der Waals surface area contributed by atoms with Crippen LogP contribution in [0.4, 0.5) is 0 Å². The van der Waals surface area contributed by atoms with Gasteiger partial charge in [-0.25, -0.2) is 0 Å². The van der Waals surface area contributed by atoms with Crippen LogP contribution in [-0.2, 0) is 11.2 Å². The summed E-state index contributed by atoms with van der Waals surface area (Å²) in [6, 6.07) is 31.5. The molecule has 0 saturated carbocycles. The minimum Gasteiger partial charge on any atom is -0.488 e. The summed E-state index contributed by atoms with van der Waals surface area (Å²) in [6.45, 7) is 0.391. The van der Waals surface area contributed by atoms with Crippen molar-refractivity contribution in [2.24, 2.45) is 0 Å². The molecule has 0 unspecified atom stereocenters. The molecule has 0 aliphatic rings. The van der Waals surface area contributed by atoms with Gasteiger partial charge in [-0.1, -0.05) is 66.7 Å². The van der Waals surface area contributed by atoms with Gasteiger partial charge in [0.15, 0.2) is 0 Å². The van der Waals surface area contributed by atoms with Crippen LogP contribution in [-0.4, -0.2) is 17.7 Å². The van der Waals surface area contributed by atoms with Crippen molar-refractivity contribution in [1.29, 1.82) is 0 Å². The fourth-order valence-corrected chi connectivity index (χ4v) is 6.21. The molecule has 0 radical (unpaired) electrons. The molecule has 0 fully saturated rings. The average Bonchev–Trinajstić information content (AvgIpc) is 3.67.